The zero-order valence-corrected chi connectivity index (χ0v) is 12.0. The Kier molecular flexibility index (Phi) is 3.61. The van der Waals surface area contributed by atoms with E-state index in [4.69, 9.17) is 4.74 Å². The van der Waals surface area contributed by atoms with Crippen LogP contribution in [0.3, 0.4) is 0 Å². The second kappa shape index (κ2) is 5.23. The molecule has 2 saturated heterocycles. The molecule has 1 N–H and O–H groups in total. The van der Waals surface area contributed by atoms with Gasteiger partial charge in [-0.2, -0.15) is 0 Å². The van der Waals surface area contributed by atoms with E-state index in [0.717, 1.165) is 45.9 Å². The molecule has 2 fully saturated rings. The highest BCUT2D eigenvalue weighted by atomic mass is 16.5. The van der Waals surface area contributed by atoms with Crippen LogP contribution in [0.15, 0.2) is 18.2 Å². The Bertz CT molecular complexity index is 448. The van der Waals surface area contributed by atoms with Gasteiger partial charge in [0.05, 0.1) is 18.6 Å². The molecule has 1 aromatic carbocycles. The molecule has 0 bridgehead atoms. The van der Waals surface area contributed by atoms with E-state index in [-0.39, 0.29) is 5.41 Å². The molecule has 0 saturated carbocycles. The first-order valence-corrected chi connectivity index (χ1v) is 7.28. The van der Waals surface area contributed by atoms with Crippen molar-refractivity contribution < 1.29 is 4.74 Å². The standard InChI is InChI=1S/C16H24N2O/c1-13-3-4-15(9-14(13)2)16(11-19-12-16)10-18-7-5-17-6-8-18/h3-4,9,17H,5-8,10-12H2,1-2H3. The van der Waals surface area contributed by atoms with Gasteiger partial charge in [-0.25, -0.2) is 0 Å². The molecule has 3 nitrogen and oxygen atoms in total. The van der Waals surface area contributed by atoms with Crippen molar-refractivity contribution in [1.29, 1.82) is 0 Å². The van der Waals surface area contributed by atoms with E-state index in [1.807, 2.05) is 0 Å². The molecule has 0 amide bonds. The number of aryl methyl sites for hydroxylation is 2. The van der Waals surface area contributed by atoms with Crippen LogP contribution in [0.25, 0.3) is 0 Å². The number of hydrogen-bond donors (Lipinski definition) is 1. The summed E-state index contributed by atoms with van der Waals surface area (Å²) in [6.07, 6.45) is 0. The maximum atomic E-state index is 5.56. The summed E-state index contributed by atoms with van der Waals surface area (Å²) in [7, 11) is 0. The normalized spacial score (nSPS) is 23.1. The lowest BCUT2D eigenvalue weighted by molar-refractivity contribution is -0.0756. The molecule has 19 heavy (non-hydrogen) atoms. The minimum atomic E-state index is 0.232. The monoisotopic (exact) mass is 260 g/mol. The summed E-state index contributed by atoms with van der Waals surface area (Å²) < 4.78 is 5.56. The largest absolute Gasteiger partial charge is 0.379 e. The van der Waals surface area contributed by atoms with E-state index in [9.17, 15) is 0 Å². The van der Waals surface area contributed by atoms with E-state index in [0.29, 0.717) is 0 Å². The average molecular weight is 260 g/mol. The maximum Gasteiger partial charge on any atom is 0.0598 e. The third kappa shape index (κ3) is 2.55. The van der Waals surface area contributed by atoms with Crippen molar-refractivity contribution >= 4 is 0 Å². The van der Waals surface area contributed by atoms with Crippen LogP contribution in [0.4, 0.5) is 0 Å². The molecule has 2 aliphatic rings. The number of ether oxygens (including phenoxy) is 1. The van der Waals surface area contributed by atoms with Crippen LogP contribution >= 0.6 is 0 Å². The molecule has 0 spiro atoms. The van der Waals surface area contributed by atoms with Crippen LogP contribution in [-0.2, 0) is 10.2 Å². The molecular weight excluding hydrogens is 236 g/mol. The summed E-state index contributed by atoms with van der Waals surface area (Å²) in [6.45, 7) is 11.8. The highest BCUT2D eigenvalue weighted by molar-refractivity contribution is 5.36. The Labute approximate surface area is 115 Å². The Morgan fingerprint density at radius 1 is 1.16 bits per heavy atom. The minimum absolute atomic E-state index is 0.232. The number of hydrogen-bond acceptors (Lipinski definition) is 3. The van der Waals surface area contributed by atoms with Crippen molar-refractivity contribution in [2.75, 3.05) is 45.9 Å². The van der Waals surface area contributed by atoms with Gasteiger partial charge in [-0.3, -0.25) is 4.90 Å². The van der Waals surface area contributed by atoms with Crippen LogP contribution in [-0.4, -0.2) is 50.8 Å². The molecule has 2 heterocycles. The third-order valence-corrected chi connectivity index (χ3v) is 4.61. The molecule has 1 aromatic rings. The summed E-state index contributed by atoms with van der Waals surface area (Å²) in [5.41, 5.74) is 4.46. The van der Waals surface area contributed by atoms with Gasteiger partial charge in [0.2, 0.25) is 0 Å². The molecule has 0 aromatic heterocycles. The van der Waals surface area contributed by atoms with Crippen molar-refractivity contribution in [3.8, 4) is 0 Å². The molecule has 0 radical (unpaired) electrons. The van der Waals surface area contributed by atoms with Gasteiger partial charge >= 0.3 is 0 Å². The molecule has 0 unspecified atom stereocenters. The smallest absolute Gasteiger partial charge is 0.0598 e. The van der Waals surface area contributed by atoms with Crippen LogP contribution in [0, 0.1) is 13.8 Å². The maximum absolute atomic E-state index is 5.56. The quantitative estimate of drug-likeness (QED) is 0.891. The predicted octanol–water partition coefficient (Wildman–Crippen LogP) is 1.48. The van der Waals surface area contributed by atoms with Crippen LogP contribution < -0.4 is 5.32 Å². The number of rotatable bonds is 3. The van der Waals surface area contributed by atoms with Gasteiger partial charge in [0, 0.05) is 32.7 Å². The Balaban J connectivity index is 1.79. The molecule has 3 rings (SSSR count). The van der Waals surface area contributed by atoms with Gasteiger partial charge in [-0.05, 0) is 30.5 Å². The molecule has 0 atom stereocenters. The Hall–Kier alpha value is -0.900. The first kappa shape index (κ1) is 13.1. The first-order chi connectivity index (χ1) is 9.20. The van der Waals surface area contributed by atoms with Crippen molar-refractivity contribution in [1.82, 2.24) is 10.2 Å². The lowest BCUT2D eigenvalue weighted by atomic mass is 9.77. The van der Waals surface area contributed by atoms with E-state index >= 15 is 0 Å². The second-order valence-electron chi connectivity index (χ2n) is 6.10. The van der Waals surface area contributed by atoms with E-state index in [2.05, 4.69) is 42.3 Å². The van der Waals surface area contributed by atoms with Gasteiger partial charge in [0.25, 0.3) is 0 Å². The van der Waals surface area contributed by atoms with Crippen LogP contribution in [0.5, 0.6) is 0 Å². The van der Waals surface area contributed by atoms with E-state index in [1.165, 1.54) is 16.7 Å². The fourth-order valence-electron chi connectivity index (χ4n) is 3.07. The Morgan fingerprint density at radius 3 is 2.47 bits per heavy atom. The molecular formula is C16H24N2O. The average Bonchev–Trinajstić information content (AvgIpc) is 2.38. The van der Waals surface area contributed by atoms with Crippen molar-refractivity contribution in [2.24, 2.45) is 0 Å². The van der Waals surface area contributed by atoms with Gasteiger partial charge in [0.15, 0.2) is 0 Å². The number of piperazine rings is 1. The second-order valence-corrected chi connectivity index (χ2v) is 6.10. The fourth-order valence-corrected chi connectivity index (χ4v) is 3.07. The summed E-state index contributed by atoms with van der Waals surface area (Å²) in [5.74, 6) is 0. The van der Waals surface area contributed by atoms with Crippen LogP contribution in [0.1, 0.15) is 16.7 Å². The fraction of sp³-hybridized carbons (Fsp3) is 0.625. The third-order valence-electron chi connectivity index (χ3n) is 4.61. The highest BCUT2D eigenvalue weighted by Gasteiger charge is 2.41. The highest BCUT2D eigenvalue weighted by Crippen LogP contribution is 2.34. The zero-order valence-electron chi connectivity index (χ0n) is 12.0. The molecule has 0 aliphatic carbocycles. The number of benzene rings is 1. The predicted molar refractivity (Wildman–Crippen MR) is 77.7 cm³/mol. The zero-order chi connectivity index (χ0) is 13.3. The van der Waals surface area contributed by atoms with Crippen molar-refractivity contribution in [2.45, 2.75) is 19.3 Å². The van der Waals surface area contributed by atoms with Gasteiger partial charge in [-0.1, -0.05) is 18.2 Å². The van der Waals surface area contributed by atoms with Crippen molar-refractivity contribution in [3.63, 3.8) is 0 Å². The topological polar surface area (TPSA) is 24.5 Å². The summed E-state index contributed by atoms with van der Waals surface area (Å²) >= 11 is 0. The van der Waals surface area contributed by atoms with Gasteiger partial charge in [-0.15, -0.1) is 0 Å². The summed E-state index contributed by atoms with van der Waals surface area (Å²) in [6, 6.07) is 6.91. The summed E-state index contributed by atoms with van der Waals surface area (Å²) in [4.78, 5) is 2.58. The van der Waals surface area contributed by atoms with Gasteiger partial charge < -0.3 is 10.1 Å². The van der Waals surface area contributed by atoms with E-state index < -0.39 is 0 Å². The lowest BCUT2D eigenvalue weighted by Gasteiger charge is -2.46. The number of nitrogens with zero attached hydrogens (tertiary/aromatic N) is 1. The molecule has 2 aliphatic heterocycles. The van der Waals surface area contributed by atoms with E-state index in [1.54, 1.807) is 0 Å². The van der Waals surface area contributed by atoms with Crippen molar-refractivity contribution in [3.05, 3.63) is 34.9 Å². The molecule has 104 valence electrons. The number of nitrogens with one attached hydrogen (secondary N) is 1. The Morgan fingerprint density at radius 2 is 1.89 bits per heavy atom. The van der Waals surface area contributed by atoms with Gasteiger partial charge in [0.1, 0.15) is 0 Å². The lowest BCUT2D eigenvalue weighted by Crippen LogP contribution is -2.57. The van der Waals surface area contributed by atoms with Crippen LogP contribution in [0.2, 0.25) is 0 Å². The SMILES string of the molecule is Cc1ccc(C2(CN3CCNCC3)COC2)cc1C. The molecule has 3 heteroatoms. The first-order valence-electron chi connectivity index (χ1n) is 7.28. The summed E-state index contributed by atoms with van der Waals surface area (Å²) in [5, 5.41) is 3.42. The minimum Gasteiger partial charge on any atom is -0.379 e.